The van der Waals surface area contributed by atoms with Crippen molar-refractivity contribution < 1.29 is 19.0 Å². The fourth-order valence-electron chi connectivity index (χ4n) is 3.61. The first-order valence-electron chi connectivity index (χ1n) is 9.70. The van der Waals surface area contributed by atoms with Crippen LogP contribution in [0.4, 0.5) is 5.69 Å². The van der Waals surface area contributed by atoms with E-state index in [0.717, 1.165) is 22.6 Å². The molecule has 3 aromatic carbocycles. The predicted molar refractivity (Wildman–Crippen MR) is 120 cm³/mol. The second-order valence-electron chi connectivity index (χ2n) is 7.09. The summed E-state index contributed by atoms with van der Waals surface area (Å²) in [4.78, 5) is 15.1. The fraction of sp³-hybridized carbons (Fsp3) is 0.0800. The van der Waals surface area contributed by atoms with Crippen molar-refractivity contribution in [2.75, 3.05) is 18.8 Å². The Bertz CT molecular complexity index is 1210. The first-order valence-corrected chi connectivity index (χ1v) is 10.1. The number of benzene rings is 3. The van der Waals surface area contributed by atoms with Crippen LogP contribution in [0.15, 0.2) is 78.4 Å². The molecule has 31 heavy (non-hydrogen) atoms. The number of fused-ring (bicyclic) bond motifs is 1. The van der Waals surface area contributed by atoms with Gasteiger partial charge in [-0.2, -0.15) is 0 Å². The minimum absolute atomic E-state index is 0.125. The molecule has 2 aliphatic heterocycles. The van der Waals surface area contributed by atoms with Crippen LogP contribution in [0.5, 0.6) is 17.2 Å². The van der Waals surface area contributed by atoms with Crippen LogP contribution >= 0.6 is 11.6 Å². The largest absolute Gasteiger partial charge is 0.497 e. The quantitative estimate of drug-likeness (QED) is 0.508. The lowest BCUT2D eigenvalue weighted by Crippen LogP contribution is -2.24. The molecule has 0 unspecified atom stereocenters. The number of methoxy groups -OCH3 is 1. The standard InChI is InChI=1S/C25H18ClNO4/c1-29-21-9-2-16(3-10-21)12-18-13-22(17-4-6-19(26)7-5-17)27(25(18)28)20-8-11-23-24(14-20)31-15-30-23/h2-14H,15H2,1H3/b18-12-. The number of amides is 1. The van der Waals surface area contributed by atoms with Crippen molar-refractivity contribution >= 4 is 35.0 Å². The fourth-order valence-corrected chi connectivity index (χ4v) is 3.73. The number of anilines is 1. The van der Waals surface area contributed by atoms with Gasteiger partial charge in [-0.3, -0.25) is 9.69 Å². The molecule has 0 radical (unpaired) electrons. The maximum Gasteiger partial charge on any atom is 0.262 e. The highest BCUT2D eigenvalue weighted by Gasteiger charge is 2.31. The Balaban J connectivity index is 1.58. The van der Waals surface area contributed by atoms with Gasteiger partial charge in [0.1, 0.15) is 5.75 Å². The van der Waals surface area contributed by atoms with E-state index in [-0.39, 0.29) is 12.7 Å². The molecule has 0 saturated heterocycles. The summed E-state index contributed by atoms with van der Waals surface area (Å²) >= 11 is 6.07. The molecule has 0 atom stereocenters. The summed E-state index contributed by atoms with van der Waals surface area (Å²) in [5.74, 6) is 1.92. The molecule has 0 fully saturated rings. The predicted octanol–water partition coefficient (Wildman–Crippen LogP) is 5.55. The number of nitrogens with zero attached hydrogens (tertiary/aromatic N) is 1. The Labute approximate surface area is 184 Å². The summed E-state index contributed by atoms with van der Waals surface area (Å²) in [5.41, 5.74) is 3.83. The monoisotopic (exact) mass is 431 g/mol. The highest BCUT2D eigenvalue weighted by Crippen LogP contribution is 2.41. The van der Waals surface area contributed by atoms with Crippen molar-refractivity contribution in [3.63, 3.8) is 0 Å². The summed E-state index contributed by atoms with van der Waals surface area (Å²) in [6.07, 6.45) is 3.76. The lowest BCUT2D eigenvalue weighted by Gasteiger charge is -2.21. The summed E-state index contributed by atoms with van der Waals surface area (Å²) in [6, 6.07) is 20.5. The van der Waals surface area contributed by atoms with E-state index < -0.39 is 0 Å². The van der Waals surface area contributed by atoms with Gasteiger partial charge in [-0.25, -0.2) is 0 Å². The van der Waals surface area contributed by atoms with Crippen LogP contribution in [0, 0.1) is 0 Å². The highest BCUT2D eigenvalue weighted by molar-refractivity contribution is 6.30. The molecule has 2 heterocycles. The van der Waals surface area contributed by atoms with Crippen LogP contribution in [0.2, 0.25) is 5.02 Å². The highest BCUT2D eigenvalue weighted by atomic mass is 35.5. The second-order valence-corrected chi connectivity index (χ2v) is 7.52. The number of carbonyl (C=O) groups is 1. The number of carbonyl (C=O) groups excluding carboxylic acids is 1. The Morgan fingerprint density at radius 2 is 1.71 bits per heavy atom. The average Bonchev–Trinajstić information content (AvgIpc) is 3.39. The molecule has 5 nitrogen and oxygen atoms in total. The average molecular weight is 432 g/mol. The lowest BCUT2D eigenvalue weighted by atomic mass is 10.1. The Hall–Kier alpha value is -3.70. The van der Waals surface area contributed by atoms with Crippen molar-refractivity contribution in [3.05, 3.63) is 94.5 Å². The normalized spacial score (nSPS) is 16.1. The van der Waals surface area contributed by atoms with Gasteiger partial charge in [0, 0.05) is 16.7 Å². The first kappa shape index (κ1) is 19.3. The van der Waals surface area contributed by atoms with Crippen LogP contribution < -0.4 is 19.1 Å². The number of rotatable bonds is 4. The van der Waals surface area contributed by atoms with Crippen LogP contribution in [-0.2, 0) is 4.79 Å². The molecule has 0 N–H and O–H groups in total. The number of hydrogen-bond donors (Lipinski definition) is 0. The van der Waals surface area contributed by atoms with Crippen LogP contribution in [0.1, 0.15) is 11.1 Å². The van der Waals surface area contributed by atoms with E-state index in [0.29, 0.717) is 27.8 Å². The Morgan fingerprint density at radius 3 is 2.45 bits per heavy atom. The molecule has 0 bridgehead atoms. The molecule has 154 valence electrons. The Morgan fingerprint density at radius 1 is 0.968 bits per heavy atom. The van der Waals surface area contributed by atoms with E-state index in [1.54, 1.807) is 12.0 Å². The van der Waals surface area contributed by atoms with Crippen molar-refractivity contribution in [1.82, 2.24) is 0 Å². The van der Waals surface area contributed by atoms with Crippen LogP contribution in [0.3, 0.4) is 0 Å². The van der Waals surface area contributed by atoms with Gasteiger partial charge in [0.15, 0.2) is 11.5 Å². The number of halogens is 1. The number of hydrogen-bond acceptors (Lipinski definition) is 4. The zero-order chi connectivity index (χ0) is 21.4. The second kappa shape index (κ2) is 7.85. The molecular weight excluding hydrogens is 414 g/mol. The maximum absolute atomic E-state index is 13.5. The summed E-state index contributed by atoms with van der Waals surface area (Å²) in [5, 5.41) is 0.636. The van der Waals surface area contributed by atoms with E-state index in [9.17, 15) is 4.79 Å². The summed E-state index contributed by atoms with van der Waals surface area (Å²) in [7, 11) is 1.62. The molecule has 1 amide bonds. The van der Waals surface area contributed by atoms with Gasteiger partial charge in [-0.1, -0.05) is 35.9 Å². The van der Waals surface area contributed by atoms with Crippen molar-refractivity contribution in [2.24, 2.45) is 0 Å². The van der Waals surface area contributed by atoms with Gasteiger partial charge >= 0.3 is 0 Å². The zero-order valence-corrected chi connectivity index (χ0v) is 17.4. The molecule has 0 aliphatic carbocycles. The molecule has 5 rings (SSSR count). The van der Waals surface area contributed by atoms with E-state index >= 15 is 0 Å². The molecule has 0 saturated carbocycles. The third-order valence-corrected chi connectivity index (χ3v) is 5.43. The molecule has 2 aliphatic rings. The molecule has 0 aromatic heterocycles. The SMILES string of the molecule is COc1ccc(/C=C2/C=C(c3ccc(Cl)cc3)N(c3ccc4c(c3)OCO4)C2=O)cc1. The van der Waals surface area contributed by atoms with Crippen LogP contribution in [-0.4, -0.2) is 19.8 Å². The van der Waals surface area contributed by atoms with Gasteiger partial charge in [0.2, 0.25) is 6.79 Å². The van der Waals surface area contributed by atoms with Crippen molar-refractivity contribution in [3.8, 4) is 17.2 Å². The minimum atomic E-state index is -0.125. The Kier molecular flexibility index (Phi) is 4.88. The van der Waals surface area contributed by atoms with Gasteiger partial charge in [0.25, 0.3) is 5.91 Å². The van der Waals surface area contributed by atoms with Crippen molar-refractivity contribution in [2.45, 2.75) is 0 Å². The van der Waals surface area contributed by atoms with Gasteiger partial charge in [0.05, 0.1) is 18.5 Å². The maximum atomic E-state index is 13.5. The van der Waals surface area contributed by atoms with E-state index in [4.69, 9.17) is 25.8 Å². The zero-order valence-electron chi connectivity index (χ0n) is 16.7. The first-order chi connectivity index (χ1) is 15.1. The third kappa shape index (κ3) is 3.64. The molecule has 0 spiro atoms. The topological polar surface area (TPSA) is 48.0 Å². The third-order valence-electron chi connectivity index (χ3n) is 5.18. The number of ether oxygens (including phenoxy) is 3. The van der Waals surface area contributed by atoms with E-state index in [1.807, 2.05) is 78.9 Å². The van der Waals surface area contributed by atoms with Crippen LogP contribution in [0.25, 0.3) is 11.8 Å². The lowest BCUT2D eigenvalue weighted by molar-refractivity contribution is -0.113. The van der Waals surface area contributed by atoms with Gasteiger partial charge in [-0.05, 0) is 59.7 Å². The minimum Gasteiger partial charge on any atom is -0.497 e. The molecule has 6 heteroatoms. The van der Waals surface area contributed by atoms with E-state index in [1.165, 1.54) is 0 Å². The molecule has 3 aromatic rings. The van der Waals surface area contributed by atoms with E-state index in [2.05, 4.69) is 0 Å². The van der Waals surface area contributed by atoms with Crippen molar-refractivity contribution in [1.29, 1.82) is 0 Å². The summed E-state index contributed by atoms with van der Waals surface area (Å²) in [6.45, 7) is 0.176. The van der Waals surface area contributed by atoms with Gasteiger partial charge in [-0.15, -0.1) is 0 Å². The molecular formula is C25H18ClNO4. The summed E-state index contributed by atoms with van der Waals surface area (Å²) < 4.78 is 16.1. The van der Waals surface area contributed by atoms with Gasteiger partial charge < -0.3 is 14.2 Å². The smallest absolute Gasteiger partial charge is 0.262 e.